The lowest BCUT2D eigenvalue weighted by atomic mass is 9.97. The van der Waals surface area contributed by atoms with Gasteiger partial charge >= 0.3 is 0 Å². The number of fused-ring (bicyclic) bond motifs is 6. The van der Waals surface area contributed by atoms with Crippen LogP contribution in [0.4, 0.5) is 0 Å². The molecule has 0 atom stereocenters. The van der Waals surface area contributed by atoms with Crippen LogP contribution in [0.15, 0.2) is 194 Å². The topological polar surface area (TPSA) is 35.6 Å². The molecule has 0 aliphatic heterocycles. The standard InChI is InChI=1S/C54H38N4/c1-35-31-41(37-25-27-39(28-26-37)48-34-47(38-15-5-3-6-16-38)55-54(56-48)40-17-7-4-8-18-40)32-36(2)53(35)58-51-24-14-11-21-45(51)46-33-42(29-30-52(46)58)57-49-22-12-9-19-43(49)44-20-10-13-23-50(44)57/h3-34H,1-2H3. The maximum atomic E-state index is 5.05. The highest BCUT2D eigenvalue weighted by Gasteiger charge is 2.19. The summed E-state index contributed by atoms with van der Waals surface area (Å²) in [4.78, 5) is 10.0. The fraction of sp³-hybridized carbons (Fsp3) is 0.0370. The van der Waals surface area contributed by atoms with Gasteiger partial charge in [-0.25, -0.2) is 9.97 Å². The van der Waals surface area contributed by atoms with E-state index in [1.807, 2.05) is 24.3 Å². The summed E-state index contributed by atoms with van der Waals surface area (Å²) in [5.74, 6) is 0.718. The van der Waals surface area contributed by atoms with Crippen LogP contribution in [0, 0.1) is 13.8 Å². The molecule has 0 bridgehead atoms. The van der Waals surface area contributed by atoms with Crippen LogP contribution in [-0.2, 0) is 0 Å². The Morgan fingerprint density at radius 1 is 0.328 bits per heavy atom. The van der Waals surface area contributed by atoms with Crippen molar-refractivity contribution in [1.82, 2.24) is 19.1 Å². The van der Waals surface area contributed by atoms with Gasteiger partial charge in [-0.15, -0.1) is 0 Å². The van der Waals surface area contributed by atoms with E-state index in [0.29, 0.717) is 0 Å². The van der Waals surface area contributed by atoms with Crippen molar-refractivity contribution in [3.8, 4) is 56.4 Å². The number of aryl methyl sites for hydroxylation is 2. The van der Waals surface area contributed by atoms with E-state index < -0.39 is 0 Å². The highest BCUT2D eigenvalue weighted by molar-refractivity contribution is 6.12. The molecule has 0 saturated heterocycles. The van der Waals surface area contributed by atoms with E-state index >= 15 is 0 Å². The van der Waals surface area contributed by atoms with Crippen LogP contribution >= 0.6 is 0 Å². The molecule has 0 N–H and O–H groups in total. The number of nitrogens with zero attached hydrogens (tertiary/aromatic N) is 4. The first-order chi connectivity index (χ1) is 28.6. The minimum absolute atomic E-state index is 0.718. The molecule has 0 aliphatic rings. The molecule has 11 aromatic rings. The summed E-state index contributed by atoms with van der Waals surface area (Å²) >= 11 is 0. The first-order valence-electron chi connectivity index (χ1n) is 19.8. The number of benzene rings is 8. The van der Waals surface area contributed by atoms with Gasteiger partial charge < -0.3 is 9.13 Å². The predicted octanol–water partition coefficient (Wildman–Crippen LogP) is 14.0. The molecule has 8 aromatic carbocycles. The molecule has 3 aromatic heterocycles. The molecule has 0 amide bonds. The average Bonchev–Trinajstić information content (AvgIpc) is 3.79. The molecule has 58 heavy (non-hydrogen) atoms. The second kappa shape index (κ2) is 13.6. The predicted molar refractivity (Wildman–Crippen MR) is 242 cm³/mol. The molecule has 274 valence electrons. The van der Waals surface area contributed by atoms with Gasteiger partial charge in [0.15, 0.2) is 5.82 Å². The quantitative estimate of drug-likeness (QED) is 0.170. The first kappa shape index (κ1) is 33.8. The monoisotopic (exact) mass is 742 g/mol. The Bertz CT molecular complexity index is 3200. The van der Waals surface area contributed by atoms with Gasteiger partial charge in [0, 0.05) is 43.9 Å². The van der Waals surface area contributed by atoms with Crippen molar-refractivity contribution in [1.29, 1.82) is 0 Å². The zero-order valence-electron chi connectivity index (χ0n) is 32.3. The number of rotatable bonds is 6. The maximum Gasteiger partial charge on any atom is 0.160 e. The Labute approximate surface area is 337 Å². The van der Waals surface area contributed by atoms with Crippen molar-refractivity contribution in [2.45, 2.75) is 13.8 Å². The summed E-state index contributed by atoms with van der Waals surface area (Å²) in [6, 6.07) is 69.3. The zero-order valence-corrected chi connectivity index (χ0v) is 32.3. The summed E-state index contributed by atoms with van der Waals surface area (Å²) in [5.41, 5.74) is 16.9. The van der Waals surface area contributed by atoms with Gasteiger partial charge in [0.25, 0.3) is 0 Å². The normalized spacial score (nSPS) is 11.6. The number of hydrogen-bond acceptors (Lipinski definition) is 2. The van der Waals surface area contributed by atoms with Gasteiger partial charge in [-0.05, 0) is 90.7 Å². The Kier molecular flexibility index (Phi) is 7.90. The molecular weight excluding hydrogens is 705 g/mol. The van der Waals surface area contributed by atoms with Gasteiger partial charge in [-0.1, -0.05) is 140 Å². The van der Waals surface area contributed by atoms with E-state index in [1.165, 1.54) is 71.6 Å². The fourth-order valence-corrected chi connectivity index (χ4v) is 8.92. The summed E-state index contributed by atoms with van der Waals surface area (Å²) in [5, 5.41) is 5.02. The molecule has 0 radical (unpaired) electrons. The largest absolute Gasteiger partial charge is 0.309 e. The number of para-hydroxylation sites is 3. The smallest absolute Gasteiger partial charge is 0.160 e. The second-order valence-corrected chi connectivity index (χ2v) is 15.2. The SMILES string of the molecule is Cc1cc(-c2ccc(-c3cc(-c4ccccc4)nc(-c4ccccc4)n3)cc2)cc(C)c1-n1c2ccccc2c2cc(-n3c4ccccc4c4ccccc43)ccc21. The molecule has 3 heterocycles. The van der Waals surface area contributed by atoms with Crippen molar-refractivity contribution in [3.63, 3.8) is 0 Å². The van der Waals surface area contributed by atoms with Crippen molar-refractivity contribution >= 4 is 43.6 Å². The van der Waals surface area contributed by atoms with Crippen LogP contribution in [0.2, 0.25) is 0 Å². The molecule has 11 rings (SSSR count). The summed E-state index contributed by atoms with van der Waals surface area (Å²) in [7, 11) is 0. The van der Waals surface area contributed by atoms with Crippen LogP contribution in [0.3, 0.4) is 0 Å². The summed E-state index contributed by atoms with van der Waals surface area (Å²) in [6.45, 7) is 4.48. The lowest BCUT2D eigenvalue weighted by Crippen LogP contribution is -2.01. The summed E-state index contributed by atoms with van der Waals surface area (Å²) in [6.07, 6.45) is 0. The van der Waals surface area contributed by atoms with Gasteiger partial charge in [0.05, 0.1) is 39.1 Å². The van der Waals surface area contributed by atoms with Gasteiger partial charge in [-0.3, -0.25) is 0 Å². The van der Waals surface area contributed by atoms with Gasteiger partial charge in [0.1, 0.15) is 0 Å². The van der Waals surface area contributed by atoms with Crippen molar-refractivity contribution in [3.05, 3.63) is 205 Å². The van der Waals surface area contributed by atoms with Crippen LogP contribution in [0.1, 0.15) is 11.1 Å². The minimum Gasteiger partial charge on any atom is -0.309 e. The lowest BCUT2D eigenvalue weighted by Gasteiger charge is -2.17. The molecule has 4 heteroatoms. The second-order valence-electron chi connectivity index (χ2n) is 15.2. The average molecular weight is 743 g/mol. The molecule has 0 fully saturated rings. The van der Waals surface area contributed by atoms with E-state index in [9.17, 15) is 0 Å². The molecule has 0 spiro atoms. The van der Waals surface area contributed by atoms with Gasteiger partial charge in [0.2, 0.25) is 0 Å². The van der Waals surface area contributed by atoms with Crippen LogP contribution in [0.5, 0.6) is 0 Å². The first-order valence-corrected chi connectivity index (χ1v) is 19.8. The lowest BCUT2D eigenvalue weighted by molar-refractivity contribution is 1.12. The molecule has 0 saturated carbocycles. The molecule has 0 unspecified atom stereocenters. The van der Waals surface area contributed by atoms with E-state index in [1.54, 1.807) is 0 Å². The highest BCUT2D eigenvalue weighted by atomic mass is 15.0. The zero-order chi connectivity index (χ0) is 38.7. The molecule has 4 nitrogen and oxygen atoms in total. The van der Waals surface area contributed by atoms with E-state index in [4.69, 9.17) is 9.97 Å². The maximum absolute atomic E-state index is 5.05. The van der Waals surface area contributed by atoms with Crippen LogP contribution in [0.25, 0.3) is 100 Å². The number of aromatic nitrogens is 4. The molecular formula is C54H38N4. The van der Waals surface area contributed by atoms with E-state index in [2.05, 4.69) is 193 Å². The van der Waals surface area contributed by atoms with Gasteiger partial charge in [-0.2, -0.15) is 0 Å². The third-order valence-corrected chi connectivity index (χ3v) is 11.6. The van der Waals surface area contributed by atoms with Crippen molar-refractivity contribution in [2.75, 3.05) is 0 Å². The van der Waals surface area contributed by atoms with Crippen LogP contribution < -0.4 is 0 Å². The Morgan fingerprint density at radius 2 is 0.776 bits per heavy atom. The summed E-state index contributed by atoms with van der Waals surface area (Å²) < 4.78 is 4.86. The molecule has 0 aliphatic carbocycles. The third kappa shape index (κ3) is 5.53. The van der Waals surface area contributed by atoms with E-state index in [0.717, 1.165) is 39.6 Å². The fourth-order valence-electron chi connectivity index (χ4n) is 8.92. The van der Waals surface area contributed by atoms with Crippen LogP contribution in [-0.4, -0.2) is 19.1 Å². The van der Waals surface area contributed by atoms with Crippen molar-refractivity contribution in [2.24, 2.45) is 0 Å². The minimum atomic E-state index is 0.718. The van der Waals surface area contributed by atoms with Crippen molar-refractivity contribution < 1.29 is 0 Å². The third-order valence-electron chi connectivity index (χ3n) is 11.6. The Morgan fingerprint density at radius 3 is 1.36 bits per heavy atom. The Hall–Kier alpha value is -7.56. The Balaban J connectivity index is 0.989. The highest BCUT2D eigenvalue weighted by Crippen LogP contribution is 2.39. The van der Waals surface area contributed by atoms with E-state index in [-0.39, 0.29) is 0 Å². The number of hydrogen-bond donors (Lipinski definition) is 0.